The minimum Gasteiger partial charge on any atom is -0.326 e. The minimum absolute atomic E-state index is 0.0849. The lowest BCUT2D eigenvalue weighted by atomic mass is 10.2. The molecule has 0 atom stereocenters. The zero-order valence-corrected chi connectivity index (χ0v) is 9.50. The summed E-state index contributed by atoms with van der Waals surface area (Å²) in [5.74, 6) is -0.436. The van der Waals surface area contributed by atoms with Crippen LogP contribution in [0.2, 0.25) is 5.02 Å². The lowest BCUT2D eigenvalue weighted by Gasteiger charge is -2.05. The molecule has 1 aromatic carbocycles. The molecule has 0 saturated heterocycles. The van der Waals surface area contributed by atoms with Gasteiger partial charge in [-0.2, -0.15) is 5.10 Å². The van der Waals surface area contributed by atoms with Crippen LogP contribution in [0.4, 0.5) is 4.39 Å². The Morgan fingerprint density at radius 2 is 2.25 bits per heavy atom. The number of hydrogen-bond donors (Lipinski definition) is 1. The normalized spacial score (nSPS) is 10.8. The molecule has 1 heterocycles. The number of hydrogen-bond acceptors (Lipinski definition) is 2. The largest absolute Gasteiger partial charge is 0.326 e. The van der Waals surface area contributed by atoms with Crippen LogP contribution in [0.1, 0.15) is 11.3 Å². The zero-order valence-electron chi connectivity index (χ0n) is 8.74. The van der Waals surface area contributed by atoms with E-state index >= 15 is 0 Å². The fourth-order valence-corrected chi connectivity index (χ4v) is 1.70. The van der Waals surface area contributed by atoms with Gasteiger partial charge in [0.1, 0.15) is 5.82 Å². The van der Waals surface area contributed by atoms with Crippen molar-refractivity contribution < 1.29 is 4.39 Å². The number of nitrogens with two attached hydrogens (primary N) is 1. The van der Waals surface area contributed by atoms with E-state index in [0.717, 1.165) is 16.9 Å². The molecule has 5 heteroatoms. The van der Waals surface area contributed by atoms with Gasteiger partial charge in [-0.1, -0.05) is 11.6 Å². The topological polar surface area (TPSA) is 43.8 Å². The minimum atomic E-state index is -0.436. The monoisotopic (exact) mass is 239 g/mol. The molecule has 2 aromatic rings. The van der Waals surface area contributed by atoms with Gasteiger partial charge in [-0.05, 0) is 25.1 Å². The van der Waals surface area contributed by atoms with Crippen LogP contribution in [0.15, 0.2) is 24.4 Å². The van der Waals surface area contributed by atoms with Crippen molar-refractivity contribution in [1.29, 1.82) is 0 Å². The summed E-state index contributed by atoms with van der Waals surface area (Å²) in [4.78, 5) is 0. The first kappa shape index (κ1) is 11.1. The van der Waals surface area contributed by atoms with E-state index < -0.39 is 5.82 Å². The quantitative estimate of drug-likeness (QED) is 0.875. The maximum Gasteiger partial charge on any atom is 0.141 e. The lowest BCUT2D eigenvalue weighted by Crippen LogP contribution is -2.02. The number of aromatic nitrogens is 2. The standard InChI is InChI=1S/C11H11ClFN3/c1-7-8(5-14)6-15-16(7)9-2-3-11(13)10(12)4-9/h2-4,6H,5,14H2,1H3. The third kappa shape index (κ3) is 1.81. The van der Waals surface area contributed by atoms with E-state index in [1.54, 1.807) is 16.9 Å². The summed E-state index contributed by atoms with van der Waals surface area (Å²) >= 11 is 5.72. The van der Waals surface area contributed by atoms with Crippen molar-refractivity contribution in [3.05, 3.63) is 46.5 Å². The van der Waals surface area contributed by atoms with Gasteiger partial charge >= 0.3 is 0 Å². The van der Waals surface area contributed by atoms with E-state index in [1.165, 1.54) is 12.1 Å². The zero-order chi connectivity index (χ0) is 11.7. The molecule has 3 nitrogen and oxygen atoms in total. The number of rotatable bonds is 2. The van der Waals surface area contributed by atoms with Gasteiger partial charge in [0, 0.05) is 17.8 Å². The van der Waals surface area contributed by atoms with E-state index in [2.05, 4.69) is 5.10 Å². The number of benzene rings is 1. The van der Waals surface area contributed by atoms with Gasteiger partial charge in [-0.15, -0.1) is 0 Å². The van der Waals surface area contributed by atoms with Crippen molar-refractivity contribution in [2.45, 2.75) is 13.5 Å². The van der Waals surface area contributed by atoms with Gasteiger partial charge in [0.15, 0.2) is 0 Å². The molecule has 0 radical (unpaired) electrons. The van der Waals surface area contributed by atoms with Gasteiger partial charge in [0.2, 0.25) is 0 Å². The van der Waals surface area contributed by atoms with E-state index in [-0.39, 0.29) is 5.02 Å². The molecule has 0 spiro atoms. The third-order valence-corrected chi connectivity index (χ3v) is 2.77. The predicted octanol–water partition coefficient (Wildman–Crippen LogP) is 2.43. The van der Waals surface area contributed by atoms with Gasteiger partial charge in [-0.25, -0.2) is 9.07 Å². The maximum atomic E-state index is 13.0. The fraction of sp³-hybridized carbons (Fsp3) is 0.182. The van der Waals surface area contributed by atoms with Crippen LogP contribution in [0.25, 0.3) is 5.69 Å². The first-order valence-electron chi connectivity index (χ1n) is 4.82. The Labute approximate surface area is 97.6 Å². The van der Waals surface area contributed by atoms with Crippen molar-refractivity contribution >= 4 is 11.6 Å². The van der Waals surface area contributed by atoms with Crippen LogP contribution in [0.3, 0.4) is 0 Å². The van der Waals surface area contributed by atoms with Crippen LogP contribution in [-0.2, 0) is 6.54 Å². The molecule has 84 valence electrons. The van der Waals surface area contributed by atoms with E-state index in [4.69, 9.17) is 17.3 Å². The lowest BCUT2D eigenvalue weighted by molar-refractivity contribution is 0.627. The summed E-state index contributed by atoms with van der Waals surface area (Å²) in [6.07, 6.45) is 1.70. The predicted molar refractivity (Wildman–Crippen MR) is 61.2 cm³/mol. The van der Waals surface area contributed by atoms with Gasteiger partial charge < -0.3 is 5.73 Å². The smallest absolute Gasteiger partial charge is 0.141 e. The molecule has 1 aromatic heterocycles. The number of halogens is 2. The van der Waals surface area contributed by atoms with Crippen molar-refractivity contribution in [3.63, 3.8) is 0 Å². The highest BCUT2D eigenvalue weighted by molar-refractivity contribution is 6.30. The molecule has 2 rings (SSSR count). The SMILES string of the molecule is Cc1c(CN)cnn1-c1ccc(F)c(Cl)c1. The first-order chi connectivity index (χ1) is 7.63. The molecule has 2 N–H and O–H groups in total. The second kappa shape index (κ2) is 4.23. The second-order valence-corrected chi connectivity index (χ2v) is 3.88. The highest BCUT2D eigenvalue weighted by atomic mass is 35.5. The third-order valence-electron chi connectivity index (χ3n) is 2.48. The molecule has 0 fully saturated rings. The van der Waals surface area contributed by atoms with E-state index in [0.29, 0.717) is 6.54 Å². The molecule has 0 aliphatic rings. The Kier molecular flexibility index (Phi) is 2.94. The molecule has 0 saturated carbocycles. The highest BCUT2D eigenvalue weighted by Crippen LogP contribution is 2.20. The Balaban J connectivity index is 2.50. The molecule has 0 amide bonds. The van der Waals surface area contributed by atoms with Crippen LogP contribution in [0.5, 0.6) is 0 Å². The molecule has 16 heavy (non-hydrogen) atoms. The van der Waals surface area contributed by atoms with Crippen molar-refractivity contribution in [1.82, 2.24) is 9.78 Å². The summed E-state index contributed by atoms with van der Waals surface area (Å²) in [7, 11) is 0. The fourth-order valence-electron chi connectivity index (χ4n) is 1.52. The van der Waals surface area contributed by atoms with E-state index in [1.807, 2.05) is 6.92 Å². The first-order valence-corrected chi connectivity index (χ1v) is 5.20. The molecular weight excluding hydrogens is 229 g/mol. The molecule has 0 unspecified atom stereocenters. The van der Waals surface area contributed by atoms with Crippen LogP contribution >= 0.6 is 11.6 Å². The van der Waals surface area contributed by atoms with Crippen molar-refractivity contribution in [3.8, 4) is 5.69 Å². The molecule has 0 aliphatic carbocycles. The Morgan fingerprint density at radius 1 is 1.50 bits per heavy atom. The summed E-state index contributed by atoms with van der Waals surface area (Å²) in [6.45, 7) is 2.34. The average molecular weight is 240 g/mol. The van der Waals surface area contributed by atoms with Crippen LogP contribution < -0.4 is 5.73 Å². The second-order valence-electron chi connectivity index (χ2n) is 3.47. The highest BCUT2D eigenvalue weighted by Gasteiger charge is 2.08. The van der Waals surface area contributed by atoms with Crippen LogP contribution in [0, 0.1) is 12.7 Å². The summed E-state index contributed by atoms with van der Waals surface area (Å²) in [5, 5.41) is 4.27. The Hall–Kier alpha value is -1.39. The average Bonchev–Trinajstić information content (AvgIpc) is 2.64. The van der Waals surface area contributed by atoms with Gasteiger partial charge in [0.05, 0.1) is 16.9 Å². The summed E-state index contributed by atoms with van der Waals surface area (Å²) in [6, 6.07) is 4.49. The van der Waals surface area contributed by atoms with Crippen molar-refractivity contribution in [2.24, 2.45) is 5.73 Å². The molecular formula is C11H11ClFN3. The molecule has 0 aliphatic heterocycles. The molecule has 0 bridgehead atoms. The summed E-state index contributed by atoms with van der Waals surface area (Å²) in [5.41, 5.74) is 8.18. The Morgan fingerprint density at radius 3 is 2.81 bits per heavy atom. The maximum absolute atomic E-state index is 13.0. The van der Waals surface area contributed by atoms with Crippen molar-refractivity contribution in [2.75, 3.05) is 0 Å². The Bertz CT molecular complexity index is 522. The van der Waals surface area contributed by atoms with Crippen LogP contribution in [-0.4, -0.2) is 9.78 Å². The van der Waals surface area contributed by atoms with Gasteiger partial charge in [0.25, 0.3) is 0 Å². The van der Waals surface area contributed by atoms with Gasteiger partial charge in [-0.3, -0.25) is 0 Å². The summed E-state index contributed by atoms with van der Waals surface area (Å²) < 4.78 is 14.7. The number of nitrogens with zero attached hydrogens (tertiary/aromatic N) is 2. The van der Waals surface area contributed by atoms with E-state index in [9.17, 15) is 4.39 Å².